The number of rotatable bonds is 10. The van der Waals surface area contributed by atoms with Crippen molar-refractivity contribution in [3.8, 4) is 11.5 Å². The number of thioether (sulfide) groups is 1. The molecular formula is C22H25NO4S. The van der Waals surface area contributed by atoms with Gasteiger partial charge in [-0.25, -0.2) is 4.79 Å². The maximum Gasteiger partial charge on any atom is 0.343 e. The standard InChI is InChI=1S/C22H25NO4S/c1-3-26-18-12-10-17(11-13-18)23-15-28-22(16-8-9-16)19-6-4-5-7-20(19)27-14-21(24)25-2/h4-7,10-13,15-16,22H,3,8-9,14H2,1-2H3. The molecule has 3 rings (SSSR count). The van der Waals surface area contributed by atoms with Gasteiger partial charge in [0.25, 0.3) is 0 Å². The fraction of sp³-hybridized carbons (Fsp3) is 0.364. The summed E-state index contributed by atoms with van der Waals surface area (Å²) < 4.78 is 15.8. The Morgan fingerprint density at radius 1 is 1.18 bits per heavy atom. The molecule has 2 aromatic carbocycles. The number of hydrogen-bond acceptors (Lipinski definition) is 6. The van der Waals surface area contributed by atoms with E-state index >= 15 is 0 Å². The molecule has 1 unspecified atom stereocenters. The number of methoxy groups -OCH3 is 1. The predicted octanol–water partition coefficient (Wildman–Crippen LogP) is 5.18. The second kappa shape index (κ2) is 10.2. The van der Waals surface area contributed by atoms with Crippen molar-refractivity contribution < 1.29 is 19.0 Å². The lowest BCUT2D eigenvalue weighted by Gasteiger charge is -2.18. The molecule has 0 radical (unpaired) electrons. The van der Waals surface area contributed by atoms with Gasteiger partial charge in [0.2, 0.25) is 0 Å². The van der Waals surface area contributed by atoms with E-state index in [2.05, 4.69) is 15.8 Å². The van der Waals surface area contributed by atoms with Gasteiger partial charge in [0.1, 0.15) is 11.5 Å². The average molecular weight is 400 g/mol. The van der Waals surface area contributed by atoms with Gasteiger partial charge < -0.3 is 14.2 Å². The van der Waals surface area contributed by atoms with E-state index in [-0.39, 0.29) is 17.8 Å². The number of carbonyl (C=O) groups excluding carboxylic acids is 1. The van der Waals surface area contributed by atoms with Crippen molar-refractivity contribution >= 4 is 29.0 Å². The Labute approximate surface area is 170 Å². The molecule has 5 nitrogen and oxygen atoms in total. The SMILES string of the molecule is CCOc1ccc(N=CSC(c2ccccc2OCC(=O)OC)C2CC2)cc1. The second-order valence-electron chi connectivity index (χ2n) is 6.46. The molecule has 0 amide bonds. The Morgan fingerprint density at radius 2 is 1.93 bits per heavy atom. The lowest BCUT2D eigenvalue weighted by Crippen LogP contribution is -2.14. The van der Waals surface area contributed by atoms with E-state index in [1.54, 1.807) is 11.8 Å². The summed E-state index contributed by atoms with van der Waals surface area (Å²) in [7, 11) is 1.36. The summed E-state index contributed by atoms with van der Waals surface area (Å²) >= 11 is 1.69. The van der Waals surface area contributed by atoms with Crippen LogP contribution >= 0.6 is 11.8 Å². The van der Waals surface area contributed by atoms with Gasteiger partial charge in [-0.05, 0) is 56.0 Å². The molecule has 28 heavy (non-hydrogen) atoms. The lowest BCUT2D eigenvalue weighted by molar-refractivity contribution is -0.142. The Morgan fingerprint density at radius 3 is 2.61 bits per heavy atom. The third kappa shape index (κ3) is 5.76. The summed E-state index contributed by atoms with van der Waals surface area (Å²) in [5.74, 6) is 1.79. The summed E-state index contributed by atoms with van der Waals surface area (Å²) in [6.07, 6.45) is 2.39. The van der Waals surface area contributed by atoms with Gasteiger partial charge >= 0.3 is 5.97 Å². The normalized spacial score (nSPS) is 14.6. The second-order valence-corrected chi connectivity index (χ2v) is 7.45. The fourth-order valence-electron chi connectivity index (χ4n) is 2.83. The monoisotopic (exact) mass is 399 g/mol. The van der Waals surface area contributed by atoms with Gasteiger partial charge in [0, 0.05) is 10.8 Å². The minimum absolute atomic E-state index is 0.0875. The highest BCUT2D eigenvalue weighted by atomic mass is 32.2. The van der Waals surface area contributed by atoms with Gasteiger partial charge in [-0.15, -0.1) is 11.8 Å². The number of para-hydroxylation sites is 1. The van der Waals surface area contributed by atoms with Crippen LogP contribution in [0.1, 0.15) is 30.6 Å². The topological polar surface area (TPSA) is 57.1 Å². The van der Waals surface area contributed by atoms with Crippen LogP contribution in [0.4, 0.5) is 5.69 Å². The van der Waals surface area contributed by atoms with Crippen molar-refractivity contribution in [3.63, 3.8) is 0 Å². The molecule has 0 spiro atoms. The third-order valence-corrected chi connectivity index (χ3v) is 5.57. The maximum absolute atomic E-state index is 11.4. The smallest absolute Gasteiger partial charge is 0.343 e. The van der Waals surface area contributed by atoms with Crippen LogP contribution in [0.15, 0.2) is 53.5 Å². The van der Waals surface area contributed by atoms with Crippen molar-refractivity contribution in [2.75, 3.05) is 20.3 Å². The minimum atomic E-state index is -0.387. The minimum Gasteiger partial charge on any atom is -0.494 e. The molecule has 0 bridgehead atoms. The molecule has 0 N–H and O–H groups in total. The molecule has 1 aliphatic rings. The van der Waals surface area contributed by atoms with Crippen LogP contribution < -0.4 is 9.47 Å². The molecule has 1 aliphatic carbocycles. The molecule has 1 atom stereocenters. The predicted molar refractivity (Wildman–Crippen MR) is 113 cm³/mol. The van der Waals surface area contributed by atoms with Crippen LogP contribution in [0.25, 0.3) is 0 Å². The largest absolute Gasteiger partial charge is 0.494 e. The van der Waals surface area contributed by atoms with E-state index in [1.165, 1.54) is 20.0 Å². The molecule has 0 aromatic heterocycles. The van der Waals surface area contributed by atoms with Crippen molar-refractivity contribution in [1.82, 2.24) is 0 Å². The van der Waals surface area contributed by atoms with Crippen molar-refractivity contribution in [2.24, 2.45) is 10.9 Å². The Bertz CT molecular complexity index is 802. The molecule has 1 fully saturated rings. The van der Waals surface area contributed by atoms with E-state index in [0.29, 0.717) is 12.5 Å². The highest BCUT2D eigenvalue weighted by molar-refractivity contribution is 8.12. The van der Waals surface area contributed by atoms with Gasteiger partial charge in [-0.2, -0.15) is 0 Å². The van der Waals surface area contributed by atoms with E-state index in [0.717, 1.165) is 22.7 Å². The zero-order chi connectivity index (χ0) is 19.8. The van der Waals surface area contributed by atoms with E-state index in [4.69, 9.17) is 9.47 Å². The first-order valence-electron chi connectivity index (χ1n) is 9.40. The first-order valence-corrected chi connectivity index (χ1v) is 10.3. The zero-order valence-electron chi connectivity index (χ0n) is 16.2. The van der Waals surface area contributed by atoms with Crippen molar-refractivity contribution in [1.29, 1.82) is 0 Å². The molecule has 148 valence electrons. The molecule has 0 saturated heterocycles. The molecule has 2 aromatic rings. The number of aliphatic imine (C=N–C) groups is 1. The van der Waals surface area contributed by atoms with Crippen molar-refractivity contribution in [3.05, 3.63) is 54.1 Å². The van der Waals surface area contributed by atoms with Crippen LogP contribution in [0.3, 0.4) is 0 Å². The Hall–Kier alpha value is -2.47. The summed E-state index contributed by atoms with van der Waals surface area (Å²) in [5.41, 5.74) is 3.88. The zero-order valence-corrected chi connectivity index (χ0v) is 17.0. The van der Waals surface area contributed by atoms with Crippen LogP contribution in [0.5, 0.6) is 11.5 Å². The number of esters is 1. The molecule has 0 aliphatic heterocycles. The summed E-state index contributed by atoms with van der Waals surface area (Å²) in [5, 5.41) is 0.250. The van der Waals surface area contributed by atoms with Gasteiger partial charge in [-0.3, -0.25) is 4.99 Å². The van der Waals surface area contributed by atoms with E-state index in [1.807, 2.05) is 54.9 Å². The summed E-state index contributed by atoms with van der Waals surface area (Å²) in [6, 6.07) is 15.6. The van der Waals surface area contributed by atoms with Gasteiger partial charge in [-0.1, -0.05) is 18.2 Å². The van der Waals surface area contributed by atoms with Crippen LogP contribution in [-0.4, -0.2) is 31.8 Å². The first-order chi connectivity index (χ1) is 13.7. The maximum atomic E-state index is 11.4. The Balaban J connectivity index is 1.68. The highest BCUT2D eigenvalue weighted by Crippen LogP contribution is 2.50. The molecule has 0 heterocycles. The number of carbonyl (C=O) groups is 1. The number of hydrogen-bond donors (Lipinski definition) is 0. The molecular weight excluding hydrogens is 374 g/mol. The van der Waals surface area contributed by atoms with E-state index < -0.39 is 0 Å². The molecule has 6 heteroatoms. The lowest BCUT2D eigenvalue weighted by atomic mass is 10.1. The number of ether oxygens (including phenoxy) is 3. The number of nitrogens with zero attached hydrogens (tertiary/aromatic N) is 1. The highest BCUT2D eigenvalue weighted by Gasteiger charge is 2.34. The van der Waals surface area contributed by atoms with Crippen molar-refractivity contribution in [2.45, 2.75) is 25.0 Å². The van der Waals surface area contributed by atoms with Gasteiger partial charge in [0.15, 0.2) is 6.61 Å². The Kier molecular flexibility index (Phi) is 7.37. The third-order valence-electron chi connectivity index (χ3n) is 4.41. The van der Waals surface area contributed by atoms with Crippen LogP contribution in [-0.2, 0) is 9.53 Å². The number of benzene rings is 2. The van der Waals surface area contributed by atoms with Crippen LogP contribution in [0.2, 0.25) is 0 Å². The van der Waals surface area contributed by atoms with E-state index in [9.17, 15) is 4.79 Å². The van der Waals surface area contributed by atoms with Gasteiger partial charge in [0.05, 0.1) is 25.0 Å². The van der Waals surface area contributed by atoms with Crippen LogP contribution in [0, 0.1) is 5.92 Å². The first kappa shape index (κ1) is 20.3. The fourth-order valence-corrected chi connectivity index (χ4v) is 3.98. The summed E-state index contributed by atoms with van der Waals surface area (Å²) in [6.45, 7) is 2.53. The quantitative estimate of drug-likeness (QED) is 0.313. The average Bonchev–Trinajstić information content (AvgIpc) is 3.56. The molecule has 1 saturated carbocycles. The summed E-state index contributed by atoms with van der Waals surface area (Å²) in [4.78, 5) is 16.0.